The number of thiocarbonyl (C=S) groups is 1. The number of carbonyl (C=O) groups excluding carboxylic acids is 1. The van der Waals surface area contributed by atoms with Crippen LogP contribution in [0.3, 0.4) is 0 Å². The highest BCUT2D eigenvalue weighted by Crippen LogP contribution is 2.17. The van der Waals surface area contributed by atoms with E-state index in [2.05, 4.69) is 4.74 Å². The number of hydrogen-bond acceptors (Lipinski definition) is 5. The van der Waals surface area contributed by atoms with Crippen LogP contribution in [0, 0.1) is 0 Å². The van der Waals surface area contributed by atoms with Crippen molar-refractivity contribution >= 4 is 33.2 Å². The predicted molar refractivity (Wildman–Crippen MR) is 83.4 cm³/mol. The van der Waals surface area contributed by atoms with Crippen LogP contribution in [0.4, 0.5) is 0 Å². The molecule has 0 heterocycles. The van der Waals surface area contributed by atoms with Gasteiger partial charge in [-0.15, -0.1) is 0 Å². The third kappa shape index (κ3) is 4.48. The van der Waals surface area contributed by atoms with Crippen molar-refractivity contribution in [3.8, 4) is 0 Å². The zero-order valence-corrected chi connectivity index (χ0v) is 13.5. The zero-order chi connectivity index (χ0) is 16.0. The van der Waals surface area contributed by atoms with Crippen molar-refractivity contribution in [3.63, 3.8) is 0 Å². The summed E-state index contributed by atoms with van der Waals surface area (Å²) in [5.41, 5.74) is 6.06. The van der Waals surface area contributed by atoms with Crippen molar-refractivity contribution in [2.45, 2.75) is 18.2 Å². The maximum Gasteiger partial charge on any atom is 0.321 e. The van der Waals surface area contributed by atoms with Crippen LogP contribution < -0.4 is 5.73 Å². The van der Waals surface area contributed by atoms with Crippen molar-refractivity contribution < 1.29 is 17.9 Å². The largest absolute Gasteiger partial charge is 0.468 e. The van der Waals surface area contributed by atoms with Gasteiger partial charge in [0.25, 0.3) is 0 Å². The van der Waals surface area contributed by atoms with E-state index in [-0.39, 0.29) is 23.0 Å². The summed E-state index contributed by atoms with van der Waals surface area (Å²) in [5.74, 6) is -0.605. The number of hydrogen-bond donors (Lipinski definition) is 1. The molecule has 0 radical (unpaired) electrons. The van der Waals surface area contributed by atoms with Gasteiger partial charge < -0.3 is 10.5 Å². The van der Waals surface area contributed by atoms with Gasteiger partial charge in [0.2, 0.25) is 10.0 Å². The van der Waals surface area contributed by atoms with E-state index in [4.69, 9.17) is 18.0 Å². The third-order valence-corrected chi connectivity index (χ3v) is 4.88. The maximum absolute atomic E-state index is 12.5. The van der Waals surface area contributed by atoms with E-state index in [9.17, 15) is 13.2 Å². The van der Waals surface area contributed by atoms with Crippen molar-refractivity contribution in [3.05, 3.63) is 29.8 Å². The van der Waals surface area contributed by atoms with Gasteiger partial charge in [0.1, 0.15) is 11.5 Å². The van der Waals surface area contributed by atoms with Crippen molar-refractivity contribution in [2.75, 3.05) is 20.2 Å². The van der Waals surface area contributed by atoms with Gasteiger partial charge in [-0.2, -0.15) is 4.31 Å². The van der Waals surface area contributed by atoms with Crippen LogP contribution in [0.5, 0.6) is 0 Å². The minimum atomic E-state index is -3.76. The Balaban J connectivity index is 3.09. The Morgan fingerprint density at radius 3 is 2.33 bits per heavy atom. The molecule has 0 aliphatic carbocycles. The summed E-state index contributed by atoms with van der Waals surface area (Å²) in [7, 11) is -2.54. The summed E-state index contributed by atoms with van der Waals surface area (Å²) in [6.45, 7) is 1.74. The lowest BCUT2D eigenvalue weighted by Crippen LogP contribution is -2.36. The molecular formula is C13H18N2O4S2. The molecule has 0 aliphatic rings. The van der Waals surface area contributed by atoms with Crippen LogP contribution in [-0.4, -0.2) is 43.9 Å². The lowest BCUT2D eigenvalue weighted by atomic mass is 10.2. The summed E-state index contributed by atoms with van der Waals surface area (Å²) in [6.07, 6.45) is 0.585. The summed E-state index contributed by atoms with van der Waals surface area (Å²) in [6, 6.07) is 5.92. The number of methoxy groups -OCH3 is 1. The molecule has 0 amide bonds. The Morgan fingerprint density at radius 1 is 1.33 bits per heavy atom. The van der Waals surface area contributed by atoms with Crippen molar-refractivity contribution in [1.82, 2.24) is 4.31 Å². The minimum absolute atomic E-state index is 0.0832. The van der Waals surface area contributed by atoms with Crippen molar-refractivity contribution in [1.29, 1.82) is 0 Å². The van der Waals surface area contributed by atoms with Gasteiger partial charge in [-0.25, -0.2) is 8.42 Å². The number of nitrogens with two attached hydrogens (primary N) is 1. The summed E-state index contributed by atoms with van der Waals surface area (Å²) in [4.78, 5) is 11.6. The molecule has 1 aromatic carbocycles. The second-order valence-corrected chi connectivity index (χ2v) is 6.68. The van der Waals surface area contributed by atoms with Crippen molar-refractivity contribution in [2.24, 2.45) is 5.73 Å². The van der Waals surface area contributed by atoms with E-state index in [1.165, 1.54) is 31.4 Å². The monoisotopic (exact) mass is 330 g/mol. The molecule has 6 nitrogen and oxygen atoms in total. The number of benzene rings is 1. The smallest absolute Gasteiger partial charge is 0.321 e. The second-order valence-electron chi connectivity index (χ2n) is 4.30. The Hall–Kier alpha value is -1.51. The molecule has 116 valence electrons. The second kappa shape index (κ2) is 7.48. The van der Waals surface area contributed by atoms with E-state index in [0.29, 0.717) is 12.0 Å². The Kier molecular flexibility index (Phi) is 6.25. The number of esters is 1. The van der Waals surface area contributed by atoms with Crippen LogP contribution >= 0.6 is 12.2 Å². The molecule has 0 unspecified atom stereocenters. The molecule has 0 aromatic heterocycles. The Labute approximate surface area is 129 Å². The molecule has 1 aromatic rings. The molecule has 0 bridgehead atoms. The lowest BCUT2D eigenvalue weighted by molar-refractivity contribution is -0.140. The molecule has 21 heavy (non-hydrogen) atoms. The number of rotatable bonds is 7. The molecule has 8 heteroatoms. The van der Waals surface area contributed by atoms with E-state index in [1.807, 2.05) is 6.92 Å². The first kappa shape index (κ1) is 17.5. The molecule has 0 saturated heterocycles. The van der Waals surface area contributed by atoms with Gasteiger partial charge in [0.15, 0.2) is 0 Å². The van der Waals surface area contributed by atoms with E-state index >= 15 is 0 Å². The minimum Gasteiger partial charge on any atom is -0.468 e. The SMILES string of the molecule is CCCN(CC(=O)OC)S(=O)(=O)c1ccc(C(N)=S)cc1. The van der Waals surface area contributed by atoms with Gasteiger partial charge in [-0.05, 0) is 18.6 Å². The van der Waals surface area contributed by atoms with E-state index in [1.54, 1.807) is 0 Å². The molecule has 0 saturated carbocycles. The quantitative estimate of drug-likeness (QED) is 0.590. The topological polar surface area (TPSA) is 89.7 Å². The van der Waals surface area contributed by atoms with Crippen LogP contribution in [-0.2, 0) is 19.6 Å². The number of ether oxygens (including phenoxy) is 1. The highest BCUT2D eigenvalue weighted by molar-refractivity contribution is 7.89. The highest BCUT2D eigenvalue weighted by Gasteiger charge is 2.26. The van der Waals surface area contributed by atoms with E-state index < -0.39 is 16.0 Å². The fourth-order valence-corrected chi connectivity index (χ4v) is 3.29. The Bertz CT molecular complexity index is 612. The van der Waals surface area contributed by atoms with E-state index in [0.717, 1.165) is 4.31 Å². The van der Waals surface area contributed by atoms with Crippen LogP contribution in [0.2, 0.25) is 0 Å². The number of nitrogens with zero attached hydrogens (tertiary/aromatic N) is 1. The molecule has 1 rings (SSSR count). The average molecular weight is 330 g/mol. The summed E-state index contributed by atoms with van der Waals surface area (Å²) >= 11 is 4.82. The highest BCUT2D eigenvalue weighted by atomic mass is 32.2. The molecule has 0 atom stereocenters. The third-order valence-electron chi connectivity index (χ3n) is 2.78. The average Bonchev–Trinajstić information content (AvgIpc) is 2.46. The maximum atomic E-state index is 12.5. The van der Waals surface area contributed by atoms with Gasteiger partial charge in [0, 0.05) is 12.1 Å². The fourth-order valence-electron chi connectivity index (χ4n) is 1.68. The predicted octanol–water partition coefficient (Wildman–Crippen LogP) is 0.894. The number of carbonyl (C=O) groups is 1. The number of sulfonamides is 1. The zero-order valence-electron chi connectivity index (χ0n) is 11.9. The molecule has 0 spiro atoms. The molecular weight excluding hydrogens is 312 g/mol. The van der Waals surface area contributed by atoms with Gasteiger partial charge in [-0.1, -0.05) is 31.3 Å². The van der Waals surface area contributed by atoms with Crippen LogP contribution in [0.15, 0.2) is 29.2 Å². The van der Waals surface area contributed by atoms with Crippen LogP contribution in [0.1, 0.15) is 18.9 Å². The standard InChI is InChI=1S/C13H18N2O4S2/c1-3-8-15(9-12(16)19-2)21(17,18)11-6-4-10(5-7-11)13(14)20/h4-7H,3,8-9H2,1-2H3,(H2,14,20). The summed E-state index contributed by atoms with van der Waals surface area (Å²) in [5, 5.41) is 0. The van der Waals surface area contributed by atoms with Crippen LogP contribution in [0.25, 0.3) is 0 Å². The lowest BCUT2D eigenvalue weighted by Gasteiger charge is -2.20. The van der Waals surface area contributed by atoms with Gasteiger partial charge in [-0.3, -0.25) is 4.79 Å². The Morgan fingerprint density at radius 2 is 1.90 bits per heavy atom. The fraction of sp³-hybridized carbons (Fsp3) is 0.385. The molecule has 0 aliphatic heterocycles. The normalized spacial score (nSPS) is 11.4. The first-order valence-corrected chi connectivity index (χ1v) is 8.14. The first-order chi connectivity index (χ1) is 9.82. The molecule has 0 fully saturated rings. The van der Waals surface area contributed by atoms with Gasteiger partial charge >= 0.3 is 5.97 Å². The summed E-state index contributed by atoms with van der Waals surface area (Å²) < 4.78 is 30.6. The van der Waals surface area contributed by atoms with Gasteiger partial charge in [0.05, 0.1) is 12.0 Å². The molecule has 2 N–H and O–H groups in total. The first-order valence-electron chi connectivity index (χ1n) is 6.29.